The highest BCUT2D eigenvalue weighted by Gasteiger charge is 2.36. The smallest absolute Gasteiger partial charge is 0.315 e. The van der Waals surface area contributed by atoms with Crippen molar-refractivity contribution in [2.24, 2.45) is 5.92 Å². The van der Waals surface area contributed by atoms with E-state index < -0.39 is 11.4 Å². The monoisotopic (exact) mass is 289 g/mol. The zero-order valence-corrected chi connectivity index (χ0v) is 13.2. The Hall–Kier alpha value is -1.35. The maximum Gasteiger partial charge on any atom is 0.315 e. The van der Waals surface area contributed by atoms with Gasteiger partial charge in [0.15, 0.2) is 0 Å². The van der Waals surface area contributed by atoms with E-state index in [-0.39, 0.29) is 0 Å². The minimum absolute atomic E-state index is 0.558. The van der Waals surface area contributed by atoms with Crippen molar-refractivity contribution in [2.75, 3.05) is 20.1 Å². The predicted octanol–water partition coefficient (Wildman–Crippen LogP) is 3.54. The molecule has 1 aromatic carbocycles. The highest BCUT2D eigenvalue weighted by atomic mass is 16.4. The number of nitrogens with zero attached hydrogens (tertiary/aromatic N) is 1. The molecule has 0 radical (unpaired) electrons. The van der Waals surface area contributed by atoms with Gasteiger partial charge >= 0.3 is 5.97 Å². The second kappa shape index (κ2) is 7.08. The standard InChI is InChI=1S/C18H27NO2/c1-18(17(20)21,16-11-7-4-8-12-16)14-19(2)13-15-9-5-3-6-10-15/h4,7-8,11-12,15H,3,5-6,9-10,13-14H2,1-2H3,(H,20,21). The Bertz CT molecular complexity index is 454. The molecule has 0 spiro atoms. The highest BCUT2D eigenvalue weighted by molar-refractivity contribution is 5.81. The van der Waals surface area contributed by atoms with Gasteiger partial charge in [-0.1, -0.05) is 49.6 Å². The van der Waals surface area contributed by atoms with Crippen LogP contribution in [0.15, 0.2) is 30.3 Å². The lowest BCUT2D eigenvalue weighted by atomic mass is 9.81. The molecule has 21 heavy (non-hydrogen) atoms. The fourth-order valence-electron chi connectivity index (χ4n) is 3.50. The lowest BCUT2D eigenvalue weighted by Gasteiger charge is -2.33. The van der Waals surface area contributed by atoms with Crippen LogP contribution in [0.1, 0.15) is 44.6 Å². The first-order valence-electron chi connectivity index (χ1n) is 8.00. The minimum Gasteiger partial charge on any atom is -0.481 e. The van der Waals surface area contributed by atoms with Crippen LogP contribution >= 0.6 is 0 Å². The van der Waals surface area contributed by atoms with E-state index in [1.807, 2.05) is 37.3 Å². The molecular weight excluding hydrogens is 262 g/mol. The van der Waals surface area contributed by atoms with Crippen molar-refractivity contribution in [2.45, 2.75) is 44.4 Å². The van der Waals surface area contributed by atoms with Gasteiger partial charge in [-0.15, -0.1) is 0 Å². The van der Waals surface area contributed by atoms with Gasteiger partial charge in [0.25, 0.3) is 0 Å². The van der Waals surface area contributed by atoms with Crippen LogP contribution in [-0.2, 0) is 10.2 Å². The normalized spacial score (nSPS) is 19.4. The first kappa shape index (κ1) is 16.0. The minimum atomic E-state index is -0.843. The second-order valence-electron chi connectivity index (χ2n) is 6.70. The summed E-state index contributed by atoms with van der Waals surface area (Å²) < 4.78 is 0. The fraction of sp³-hybridized carbons (Fsp3) is 0.611. The molecule has 0 aromatic heterocycles. The largest absolute Gasteiger partial charge is 0.481 e. The number of hydrogen-bond acceptors (Lipinski definition) is 2. The molecule has 0 saturated heterocycles. The Kier molecular flexibility index (Phi) is 5.40. The van der Waals surface area contributed by atoms with Crippen LogP contribution in [0.25, 0.3) is 0 Å². The zero-order valence-electron chi connectivity index (χ0n) is 13.2. The first-order chi connectivity index (χ1) is 10.0. The van der Waals surface area contributed by atoms with Crippen LogP contribution in [0.4, 0.5) is 0 Å². The van der Waals surface area contributed by atoms with Gasteiger partial charge in [-0.2, -0.15) is 0 Å². The summed E-state index contributed by atoms with van der Waals surface area (Å²) in [7, 11) is 2.05. The third-order valence-electron chi connectivity index (χ3n) is 4.76. The molecule has 1 aliphatic rings. The van der Waals surface area contributed by atoms with E-state index in [2.05, 4.69) is 11.9 Å². The summed E-state index contributed by atoms with van der Waals surface area (Å²) in [6.45, 7) is 3.40. The molecule has 3 nitrogen and oxygen atoms in total. The van der Waals surface area contributed by atoms with Gasteiger partial charge in [0.2, 0.25) is 0 Å². The van der Waals surface area contributed by atoms with Crippen molar-refractivity contribution >= 4 is 5.97 Å². The quantitative estimate of drug-likeness (QED) is 0.870. The van der Waals surface area contributed by atoms with Gasteiger partial charge in [-0.25, -0.2) is 0 Å². The Morgan fingerprint density at radius 3 is 2.43 bits per heavy atom. The van der Waals surface area contributed by atoms with E-state index in [0.717, 1.165) is 18.0 Å². The zero-order chi connectivity index (χ0) is 15.3. The molecule has 1 saturated carbocycles. The van der Waals surface area contributed by atoms with E-state index in [1.54, 1.807) is 0 Å². The van der Waals surface area contributed by atoms with E-state index in [4.69, 9.17) is 0 Å². The SMILES string of the molecule is CN(CC1CCCCC1)CC(C)(C(=O)O)c1ccccc1. The summed E-state index contributed by atoms with van der Waals surface area (Å²) in [4.78, 5) is 14.0. The highest BCUT2D eigenvalue weighted by Crippen LogP contribution is 2.28. The number of rotatable bonds is 6. The van der Waals surface area contributed by atoms with Crippen LogP contribution < -0.4 is 0 Å². The maximum atomic E-state index is 11.8. The Morgan fingerprint density at radius 2 is 1.86 bits per heavy atom. The average Bonchev–Trinajstić information content (AvgIpc) is 2.48. The Morgan fingerprint density at radius 1 is 1.24 bits per heavy atom. The van der Waals surface area contributed by atoms with Crippen LogP contribution in [0.5, 0.6) is 0 Å². The second-order valence-corrected chi connectivity index (χ2v) is 6.70. The van der Waals surface area contributed by atoms with E-state index in [0.29, 0.717) is 6.54 Å². The Labute approximate surface area is 128 Å². The molecule has 1 N–H and O–H groups in total. The summed E-state index contributed by atoms with van der Waals surface area (Å²) in [6.07, 6.45) is 6.59. The molecule has 1 unspecified atom stereocenters. The van der Waals surface area contributed by atoms with Crippen molar-refractivity contribution in [1.82, 2.24) is 4.90 Å². The van der Waals surface area contributed by atoms with Gasteiger partial charge in [-0.05, 0) is 38.3 Å². The summed E-state index contributed by atoms with van der Waals surface area (Å²) in [6, 6.07) is 9.60. The number of aliphatic carboxylic acids is 1. The summed E-state index contributed by atoms with van der Waals surface area (Å²) in [5.74, 6) is -0.0123. The Balaban J connectivity index is 2.03. The lowest BCUT2D eigenvalue weighted by molar-refractivity contribution is -0.144. The number of likely N-dealkylation sites (N-methyl/N-ethyl adjacent to an activating group) is 1. The van der Waals surface area contributed by atoms with E-state index in [1.165, 1.54) is 32.1 Å². The number of carboxylic acid groups (broad SMARTS) is 1. The molecule has 116 valence electrons. The molecule has 2 rings (SSSR count). The maximum absolute atomic E-state index is 11.8. The molecule has 0 amide bonds. The van der Waals surface area contributed by atoms with Crippen LogP contribution in [0.2, 0.25) is 0 Å². The molecule has 0 bridgehead atoms. The average molecular weight is 289 g/mol. The predicted molar refractivity (Wildman–Crippen MR) is 85.5 cm³/mol. The number of benzene rings is 1. The topological polar surface area (TPSA) is 40.5 Å². The molecule has 1 aromatic rings. The van der Waals surface area contributed by atoms with E-state index in [9.17, 15) is 9.90 Å². The third-order valence-corrected chi connectivity index (χ3v) is 4.76. The van der Waals surface area contributed by atoms with E-state index >= 15 is 0 Å². The van der Waals surface area contributed by atoms with Crippen molar-refractivity contribution in [3.63, 3.8) is 0 Å². The van der Waals surface area contributed by atoms with Crippen molar-refractivity contribution in [3.05, 3.63) is 35.9 Å². The van der Waals surface area contributed by atoms with Crippen molar-refractivity contribution in [1.29, 1.82) is 0 Å². The van der Waals surface area contributed by atoms with Gasteiger partial charge in [-0.3, -0.25) is 4.79 Å². The molecule has 1 atom stereocenters. The lowest BCUT2D eigenvalue weighted by Crippen LogP contribution is -2.44. The van der Waals surface area contributed by atoms with Gasteiger partial charge in [0.05, 0.1) is 0 Å². The van der Waals surface area contributed by atoms with Gasteiger partial charge in [0.1, 0.15) is 5.41 Å². The van der Waals surface area contributed by atoms with Crippen LogP contribution in [-0.4, -0.2) is 36.1 Å². The molecule has 1 aliphatic carbocycles. The molecule has 0 aliphatic heterocycles. The molecule has 3 heteroatoms. The van der Waals surface area contributed by atoms with Crippen molar-refractivity contribution in [3.8, 4) is 0 Å². The fourth-order valence-corrected chi connectivity index (χ4v) is 3.50. The van der Waals surface area contributed by atoms with Gasteiger partial charge in [0, 0.05) is 13.1 Å². The van der Waals surface area contributed by atoms with Crippen LogP contribution in [0, 0.1) is 5.92 Å². The van der Waals surface area contributed by atoms with Crippen LogP contribution in [0.3, 0.4) is 0 Å². The molecule has 1 fully saturated rings. The number of carboxylic acids is 1. The number of carbonyl (C=O) groups is 1. The summed E-state index contributed by atoms with van der Waals surface area (Å²) in [5.41, 5.74) is 0.0398. The number of hydrogen-bond donors (Lipinski definition) is 1. The first-order valence-corrected chi connectivity index (χ1v) is 8.00. The summed E-state index contributed by atoms with van der Waals surface area (Å²) >= 11 is 0. The summed E-state index contributed by atoms with van der Waals surface area (Å²) in [5, 5.41) is 9.71. The van der Waals surface area contributed by atoms with Gasteiger partial charge < -0.3 is 10.0 Å². The molecule has 0 heterocycles. The third kappa shape index (κ3) is 4.07. The van der Waals surface area contributed by atoms with Crippen molar-refractivity contribution < 1.29 is 9.90 Å². The molecular formula is C18H27NO2.